The highest BCUT2D eigenvalue weighted by Crippen LogP contribution is 2.10. The van der Waals surface area contributed by atoms with E-state index in [-0.39, 0.29) is 12.4 Å². The summed E-state index contributed by atoms with van der Waals surface area (Å²) in [5, 5.41) is 11.5. The molecule has 0 bridgehead atoms. The first kappa shape index (κ1) is 13.4. The summed E-state index contributed by atoms with van der Waals surface area (Å²) in [4.78, 5) is 2.45. The lowest BCUT2D eigenvalue weighted by molar-refractivity contribution is 0.137. The molecule has 0 aliphatic carbocycles. The zero-order chi connectivity index (χ0) is 10.8. The largest absolute Gasteiger partial charge is 0.311 e. The Hall–Kier alpha value is -0.650. The second-order valence-corrected chi connectivity index (χ2v) is 4.47. The minimum absolute atomic E-state index is 0. The van der Waals surface area contributed by atoms with Crippen LogP contribution in [-0.2, 0) is 13.6 Å². The minimum atomic E-state index is 0. The molecule has 1 N–H and O–H groups in total. The lowest BCUT2D eigenvalue weighted by Gasteiger charge is -2.36. The molecule has 2 heterocycles. The van der Waals surface area contributed by atoms with Gasteiger partial charge in [-0.05, 0) is 13.8 Å². The molecule has 0 amide bonds. The highest BCUT2D eigenvalue weighted by atomic mass is 35.5. The van der Waals surface area contributed by atoms with Crippen molar-refractivity contribution in [2.45, 2.75) is 32.5 Å². The van der Waals surface area contributed by atoms with E-state index in [1.54, 1.807) is 4.68 Å². The van der Waals surface area contributed by atoms with Crippen LogP contribution in [0.25, 0.3) is 0 Å². The summed E-state index contributed by atoms with van der Waals surface area (Å²) >= 11 is 0. The molecule has 1 aromatic heterocycles. The van der Waals surface area contributed by atoms with Gasteiger partial charge in [-0.25, -0.2) is 0 Å². The van der Waals surface area contributed by atoms with Gasteiger partial charge in [0.1, 0.15) is 0 Å². The number of rotatable bonds is 2. The fourth-order valence-corrected chi connectivity index (χ4v) is 1.99. The van der Waals surface area contributed by atoms with E-state index in [1.807, 2.05) is 13.2 Å². The van der Waals surface area contributed by atoms with Crippen LogP contribution < -0.4 is 5.32 Å². The molecule has 16 heavy (non-hydrogen) atoms. The summed E-state index contributed by atoms with van der Waals surface area (Å²) in [6.07, 6.45) is 1.99. The van der Waals surface area contributed by atoms with Crippen LogP contribution in [-0.4, -0.2) is 45.1 Å². The zero-order valence-electron chi connectivity index (χ0n) is 10.1. The lowest BCUT2D eigenvalue weighted by Crippen LogP contribution is -2.53. The Morgan fingerprint density at radius 2 is 2.25 bits per heavy atom. The van der Waals surface area contributed by atoms with Crippen molar-refractivity contribution in [1.82, 2.24) is 25.2 Å². The van der Waals surface area contributed by atoms with Crippen molar-refractivity contribution < 1.29 is 0 Å². The van der Waals surface area contributed by atoms with Crippen molar-refractivity contribution >= 4 is 12.4 Å². The average molecular weight is 246 g/mol. The Bertz CT molecular complexity index is 327. The Morgan fingerprint density at radius 3 is 2.88 bits per heavy atom. The summed E-state index contributed by atoms with van der Waals surface area (Å²) < 4.78 is 1.76. The average Bonchev–Trinajstić information content (AvgIpc) is 2.58. The van der Waals surface area contributed by atoms with Gasteiger partial charge in [-0.2, -0.15) is 0 Å². The number of hydrogen-bond donors (Lipinski definition) is 1. The van der Waals surface area contributed by atoms with Crippen LogP contribution >= 0.6 is 12.4 Å². The van der Waals surface area contributed by atoms with Crippen LogP contribution in [0.2, 0.25) is 0 Å². The molecule has 5 nitrogen and oxygen atoms in total. The molecule has 0 saturated carbocycles. The Labute approximate surface area is 103 Å². The van der Waals surface area contributed by atoms with Gasteiger partial charge < -0.3 is 5.32 Å². The third-order valence-corrected chi connectivity index (χ3v) is 2.91. The SMILES string of the molecule is CC1CN(Cc2cn(C)nn2)C(C)CN1.Cl. The lowest BCUT2D eigenvalue weighted by atomic mass is 10.1. The van der Waals surface area contributed by atoms with Gasteiger partial charge in [0, 0.05) is 45.0 Å². The molecule has 92 valence electrons. The Balaban J connectivity index is 0.00000128. The number of hydrogen-bond acceptors (Lipinski definition) is 4. The van der Waals surface area contributed by atoms with Crippen LogP contribution in [0.1, 0.15) is 19.5 Å². The molecule has 1 saturated heterocycles. The van der Waals surface area contributed by atoms with Crippen molar-refractivity contribution in [3.05, 3.63) is 11.9 Å². The van der Waals surface area contributed by atoms with E-state index in [0.717, 1.165) is 25.3 Å². The molecule has 2 unspecified atom stereocenters. The zero-order valence-corrected chi connectivity index (χ0v) is 10.9. The molecular formula is C10H20ClN5. The summed E-state index contributed by atoms with van der Waals surface area (Å²) in [6.45, 7) is 7.50. The molecule has 2 rings (SSSR count). The fraction of sp³-hybridized carbons (Fsp3) is 0.800. The summed E-state index contributed by atoms with van der Waals surface area (Å²) in [5.41, 5.74) is 1.05. The van der Waals surface area contributed by atoms with Gasteiger partial charge in [-0.3, -0.25) is 9.58 Å². The van der Waals surface area contributed by atoms with Gasteiger partial charge >= 0.3 is 0 Å². The van der Waals surface area contributed by atoms with Gasteiger partial charge in [-0.15, -0.1) is 17.5 Å². The third-order valence-electron chi connectivity index (χ3n) is 2.91. The number of halogens is 1. The predicted octanol–water partition coefficient (Wildman–Crippen LogP) is 0.419. The van der Waals surface area contributed by atoms with E-state index in [4.69, 9.17) is 0 Å². The van der Waals surface area contributed by atoms with Crippen LogP contribution in [0.3, 0.4) is 0 Å². The van der Waals surface area contributed by atoms with Crippen molar-refractivity contribution in [2.24, 2.45) is 7.05 Å². The van der Waals surface area contributed by atoms with E-state index in [2.05, 4.69) is 34.4 Å². The topological polar surface area (TPSA) is 46.0 Å². The van der Waals surface area contributed by atoms with Crippen LogP contribution in [0, 0.1) is 0 Å². The van der Waals surface area contributed by atoms with E-state index in [9.17, 15) is 0 Å². The molecular weight excluding hydrogens is 226 g/mol. The van der Waals surface area contributed by atoms with Gasteiger partial charge in [-0.1, -0.05) is 5.21 Å². The number of piperazine rings is 1. The monoisotopic (exact) mass is 245 g/mol. The summed E-state index contributed by atoms with van der Waals surface area (Å²) in [6, 6.07) is 1.14. The first-order chi connectivity index (χ1) is 7.15. The van der Waals surface area contributed by atoms with Crippen molar-refractivity contribution in [3.63, 3.8) is 0 Å². The highest BCUT2D eigenvalue weighted by Gasteiger charge is 2.22. The Kier molecular flexibility index (Phi) is 4.70. The number of nitrogens with zero attached hydrogens (tertiary/aromatic N) is 4. The predicted molar refractivity (Wildman–Crippen MR) is 65.6 cm³/mol. The molecule has 0 radical (unpaired) electrons. The number of nitrogens with one attached hydrogen (secondary N) is 1. The van der Waals surface area contributed by atoms with Gasteiger partial charge in [0.15, 0.2) is 0 Å². The van der Waals surface area contributed by atoms with E-state index in [1.165, 1.54) is 0 Å². The van der Waals surface area contributed by atoms with Crippen LogP contribution in [0.4, 0.5) is 0 Å². The van der Waals surface area contributed by atoms with E-state index in [0.29, 0.717) is 12.1 Å². The first-order valence-electron chi connectivity index (χ1n) is 5.48. The minimum Gasteiger partial charge on any atom is -0.311 e. The summed E-state index contributed by atoms with van der Waals surface area (Å²) in [5.74, 6) is 0. The smallest absolute Gasteiger partial charge is 0.0967 e. The normalized spacial score (nSPS) is 26.4. The Morgan fingerprint density at radius 1 is 1.50 bits per heavy atom. The van der Waals surface area contributed by atoms with Gasteiger partial charge in [0.2, 0.25) is 0 Å². The molecule has 2 atom stereocenters. The highest BCUT2D eigenvalue weighted by molar-refractivity contribution is 5.85. The fourth-order valence-electron chi connectivity index (χ4n) is 1.99. The molecule has 6 heteroatoms. The second kappa shape index (κ2) is 5.61. The standard InChI is InChI=1S/C10H19N5.ClH/c1-8-5-15(9(2)4-11-8)7-10-6-14(3)13-12-10;/h6,8-9,11H,4-5,7H2,1-3H3;1H. The maximum atomic E-state index is 4.12. The molecule has 1 fully saturated rings. The molecule has 1 aliphatic heterocycles. The summed E-state index contributed by atoms with van der Waals surface area (Å²) in [7, 11) is 1.90. The molecule has 1 aliphatic rings. The quantitative estimate of drug-likeness (QED) is 0.821. The molecule has 1 aromatic rings. The first-order valence-corrected chi connectivity index (χ1v) is 5.48. The van der Waals surface area contributed by atoms with E-state index < -0.39 is 0 Å². The van der Waals surface area contributed by atoms with E-state index >= 15 is 0 Å². The molecule has 0 aromatic carbocycles. The van der Waals surface area contributed by atoms with Crippen molar-refractivity contribution in [2.75, 3.05) is 13.1 Å². The van der Waals surface area contributed by atoms with Crippen LogP contribution in [0.5, 0.6) is 0 Å². The maximum absolute atomic E-state index is 4.12. The van der Waals surface area contributed by atoms with Crippen molar-refractivity contribution in [3.8, 4) is 0 Å². The van der Waals surface area contributed by atoms with Crippen LogP contribution in [0.15, 0.2) is 6.20 Å². The molecule has 0 spiro atoms. The van der Waals surface area contributed by atoms with Gasteiger partial charge in [0.05, 0.1) is 5.69 Å². The number of aryl methyl sites for hydroxylation is 1. The second-order valence-electron chi connectivity index (χ2n) is 4.47. The van der Waals surface area contributed by atoms with Crippen molar-refractivity contribution in [1.29, 1.82) is 0 Å². The number of aromatic nitrogens is 3. The maximum Gasteiger partial charge on any atom is 0.0967 e. The third kappa shape index (κ3) is 3.17. The van der Waals surface area contributed by atoms with Gasteiger partial charge in [0.25, 0.3) is 0 Å².